The Morgan fingerprint density at radius 1 is 1.20 bits per heavy atom. The van der Waals surface area contributed by atoms with E-state index in [1.807, 2.05) is 38.4 Å². The number of rotatable bonds is 6. The highest BCUT2D eigenvalue weighted by Crippen LogP contribution is 2.31. The van der Waals surface area contributed by atoms with Crippen LogP contribution in [0.2, 0.25) is 0 Å². The van der Waals surface area contributed by atoms with Crippen molar-refractivity contribution in [3.8, 4) is 0 Å². The third-order valence-corrected chi connectivity index (χ3v) is 5.19. The molecule has 0 bridgehead atoms. The van der Waals surface area contributed by atoms with Crippen molar-refractivity contribution in [3.63, 3.8) is 0 Å². The Bertz CT molecular complexity index is 872. The molecule has 8 heteroatoms. The first-order chi connectivity index (χ1) is 14.0. The number of benzene rings is 2. The third kappa shape index (κ3) is 6.15. The third-order valence-electron chi connectivity index (χ3n) is 5.19. The summed E-state index contributed by atoms with van der Waals surface area (Å²) in [5.74, 6) is 0.540. The van der Waals surface area contributed by atoms with Gasteiger partial charge in [-0.2, -0.15) is 0 Å². The lowest BCUT2D eigenvalue weighted by Crippen LogP contribution is -2.43. The molecule has 0 aliphatic carbocycles. The first-order valence-electron chi connectivity index (χ1n) is 9.73. The Labute approximate surface area is 194 Å². The van der Waals surface area contributed by atoms with Gasteiger partial charge in [-0.15, -0.1) is 24.0 Å². The zero-order valence-electron chi connectivity index (χ0n) is 17.5. The zero-order chi connectivity index (χ0) is 20.8. The lowest BCUT2D eigenvalue weighted by molar-refractivity contribution is -0.116. The SMILES string of the molecule is CN=C(NCC1CC(=O)Nc2ccccc21)NCC(c1ccc(F)cc1)N(C)C.I. The normalized spacial score (nSPS) is 16.9. The Kier molecular flexibility index (Phi) is 9.04. The van der Waals surface area contributed by atoms with Crippen LogP contribution in [0.4, 0.5) is 10.1 Å². The molecule has 3 N–H and O–H groups in total. The molecule has 1 heterocycles. The largest absolute Gasteiger partial charge is 0.356 e. The minimum Gasteiger partial charge on any atom is -0.356 e. The molecule has 0 aromatic heterocycles. The molecule has 2 unspecified atom stereocenters. The molecule has 1 amide bonds. The molecule has 162 valence electrons. The Balaban J connectivity index is 0.00000320. The number of hydrogen-bond donors (Lipinski definition) is 3. The molecular weight excluding hydrogens is 496 g/mol. The van der Waals surface area contributed by atoms with E-state index in [9.17, 15) is 9.18 Å². The van der Waals surface area contributed by atoms with Gasteiger partial charge in [-0.05, 0) is 43.4 Å². The second-order valence-electron chi connectivity index (χ2n) is 7.40. The number of nitrogens with one attached hydrogen (secondary N) is 3. The second-order valence-corrected chi connectivity index (χ2v) is 7.40. The van der Waals surface area contributed by atoms with Gasteiger partial charge in [-0.3, -0.25) is 9.79 Å². The van der Waals surface area contributed by atoms with Crippen LogP contribution in [0.25, 0.3) is 0 Å². The molecule has 2 aromatic rings. The van der Waals surface area contributed by atoms with Gasteiger partial charge in [0.1, 0.15) is 5.82 Å². The minimum atomic E-state index is -0.242. The molecular formula is C22H29FIN5O. The van der Waals surface area contributed by atoms with E-state index in [-0.39, 0.29) is 47.7 Å². The molecule has 6 nitrogen and oxygen atoms in total. The van der Waals surface area contributed by atoms with E-state index < -0.39 is 0 Å². The van der Waals surface area contributed by atoms with Crippen molar-refractivity contribution in [1.29, 1.82) is 0 Å². The maximum absolute atomic E-state index is 13.2. The van der Waals surface area contributed by atoms with Crippen LogP contribution in [-0.4, -0.2) is 51.0 Å². The predicted octanol–water partition coefficient (Wildman–Crippen LogP) is 3.34. The van der Waals surface area contributed by atoms with E-state index in [1.165, 1.54) is 12.1 Å². The average molecular weight is 525 g/mol. The van der Waals surface area contributed by atoms with Crippen LogP contribution in [-0.2, 0) is 4.79 Å². The van der Waals surface area contributed by atoms with Crippen LogP contribution in [0.5, 0.6) is 0 Å². The second kappa shape index (κ2) is 11.3. The van der Waals surface area contributed by atoms with Crippen molar-refractivity contribution in [1.82, 2.24) is 15.5 Å². The standard InChI is InChI=1S/C22H28FN5O.HI/c1-24-22(26-14-20(28(2)3)15-8-10-17(23)11-9-15)25-13-16-12-21(29)27-19-7-5-4-6-18(16)19;/h4-11,16,20H,12-14H2,1-3H3,(H,27,29)(H2,24,25,26);1H. The summed E-state index contributed by atoms with van der Waals surface area (Å²) in [5, 5.41) is 9.60. The molecule has 0 radical (unpaired) electrons. The fourth-order valence-electron chi connectivity index (χ4n) is 3.60. The maximum atomic E-state index is 13.2. The average Bonchev–Trinajstić information content (AvgIpc) is 2.71. The van der Waals surface area contributed by atoms with Crippen LogP contribution in [0.15, 0.2) is 53.5 Å². The number of carbonyl (C=O) groups excluding carboxylic acids is 1. The fraction of sp³-hybridized carbons (Fsp3) is 0.364. The number of halogens is 2. The van der Waals surface area contributed by atoms with Crippen molar-refractivity contribution in [3.05, 3.63) is 65.5 Å². The summed E-state index contributed by atoms with van der Waals surface area (Å²) in [6, 6.07) is 14.5. The number of hydrogen-bond acceptors (Lipinski definition) is 3. The molecule has 0 fully saturated rings. The number of guanidine groups is 1. The van der Waals surface area contributed by atoms with E-state index in [0.717, 1.165) is 16.8 Å². The van der Waals surface area contributed by atoms with Crippen molar-refractivity contribution < 1.29 is 9.18 Å². The van der Waals surface area contributed by atoms with Crippen LogP contribution < -0.4 is 16.0 Å². The van der Waals surface area contributed by atoms with E-state index >= 15 is 0 Å². The topological polar surface area (TPSA) is 68.8 Å². The van der Waals surface area contributed by atoms with Gasteiger partial charge in [0.25, 0.3) is 0 Å². The Hall–Kier alpha value is -2.20. The summed E-state index contributed by atoms with van der Waals surface area (Å²) < 4.78 is 13.2. The summed E-state index contributed by atoms with van der Waals surface area (Å²) in [6.45, 7) is 1.22. The summed E-state index contributed by atoms with van der Waals surface area (Å²) in [7, 11) is 5.70. The van der Waals surface area contributed by atoms with Gasteiger partial charge in [0.15, 0.2) is 5.96 Å². The monoisotopic (exact) mass is 525 g/mol. The number of aliphatic imine (C=N–C) groups is 1. The fourth-order valence-corrected chi connectivity index (χ4v) is 3.60. The maximum Gasteiger partial charge on any atom is 0.225 e. The molecule has 0 saturated heterocycles. The smallest absolute Gasteiger partial charge is 0.225 e. The molecule has 1 aliphatic heterocycles. The lowest BCUT2D eigenvalue weighted by atomic mass is 9.90. The number of amides is 1. The molecule has 3 rings (SSSR count). The minimum absolute atomic E-state index is 0. The van der Waals surface area contributed by atoms with Crippen LogP contribution in [0.3, 0.4) is 0 Å². The van der Waals surface area contributed by atoms with Gasteiger partial charge in [0.05, 0.1) is 6.04 Å². The number of fused-ring (bicyclic) bond motifs is 1. The summed E-state index contributed by atoms with van der Waals surface area (Å²) in [4.78, 5) is 18.4. The Morgan fingerprint density at radius 2 is 1.90 bits per heavy atom. The van der Waals surface area contributed by atoms with Crippen LogP contribution >= 0.6 is 24.0 Å². The number of nitrogens with zero attached hydrogens (tertiary/aromatic N) is 2. The highest BCUT2D eigenvalue weighted by atomic mass is 127. The van der Waals surface area contributed by atoms with E-state index in [0.29, 0.717) is 25.5 Å². The van der Waals surface area contributed by atoms with Gasteiger partial charge >= 0.3 is 0 Å². The van der Waals surface area contributed by atoms with Gasteiger partial charge in [-0.1, -0.05) is 30.3 Å². The highest BCUT2D eigenvalue weighted by Gasteiger charge is 2.25. The molecule has 0 spiro atoms. The van der Waals surface area contributed by atoms with E-state index in [4.69, 9.17) is 0 Å². The van der Waals surface area contributed by atoms with Crippen molar-refractivity contribution >= 4 is 41.5 Å². The molecule has 2 atom stereocenters. The number of anilines is 1. The number of likely N-dealkylation sites (N-methyl/N-ethyl adjacent to an activating group) is 1. The highest BCUT2D eigenvalue weighted by molar-refractivity contribution is 14.0. The summed E-state index contributed by atoms with van der Waals surface area (Å²) in [6.07, 6.45) is 0.441. The quantitative estimate of drug-likeness (QED) is 0.308. The Morgan fingerprint density at radius 3 is 2.57 bits per heavy atom. The lowest BCUT2D eigenvalue weighted by Gasteiger charge is -2.28. The first-order valence-corrected chi connectivity index (χ1v) is 9.73. The van der Waals surface area contributed by atoms with Crippen molar-refractivity contribution in [2.75, 3.05) is 39.5 Å². The van der Waals surface area contributed by atoms with Crippen LogP contribution in [0.1, 0.15) is 29.5 Å². The van der Waals surface area contributed by atoms with Gasteiger partial charge in [-0.25, -0.2) is 4.39 Å². The number of carbonyl (C=O) groups is 1. The van der Waals surface area contributed by atoms with E-state index in [2.05, 4.69) is 25.8 Å². The summed E-state index contributed by atoms with van der Waals surface area (Å²) >= 11 is 0. The van der Waals surface area contributed by atoms with Crippen LogP contribution in [0, 0.1) is 5.82 Å². The predicted molar refractivity (Wildman–Crippen MR) is 130 cm³/mol. The zero-order valence-corrected chi connectivity index (χ0v) is 19.8. The molecule has 30 heavy (non-hydrogen) atoms. The van der Waals surface area contributed by atoms with Crippen molar-refractivity contribution in [2.45, 2.75) is 18.4 Å². The van der Waals surface area contributed by atoms with Gasteiger partial charge < -0.3 is 20.9 Å². The first kappa shape index (κ1) is 24.1. The van der Waals surface area contributed by atoms with Gasteiger partial charge in [0.2, 0.25) is 5.91 Å². The van der Waals surface area contributed by atoms with E-state index in [1.54, 1.807) is 19.2 Å². The van der Waals surface area contributed by atoms with Gasteiger partial charge in [0, 0.05) is 38.2 Å². The summed E-state index contributed by atoms with van der Waals surface area (Å²) in [5.41, 5.74) is 3.03. The number of para-hydroxylation sites is 1. The van der Waals surface area contributed by atoms with Crippen molar-refractivity contribution in [2.24, 2.45) is 4.99 Å². The molecule has 0 saturated carbocycles. The molecule has 2 aromatic carbocycles. The molecule has 1 aliphatic rings.